The second-order valence-electron chi connectivity index (χ2n) is 3.72. The van der Waals surface area contributed by atoms with E-state index in [2.05, 4.69) is 45.3 Å². The van der Waals surface area contributed by atoms with Gasteiger partial charge in [-0.15, -0.1) is 16.4 Å². The summed E-state index contributed by atoms with van der Waals surface area (Å²) in [6.45, 7) is 4.04. The molecule has 1 N–H and O–H groups in total. The molecule has 2 aromatic rings. The van der Waals surface area contributed by atoms with E-state index in [9.17, 15) is 0 Å². The van der Waals surface area contributed by atoms with Crippen LogP contribution in [0.2, 0.25) is 0 Å². The van der Waals surface area contributed by atoms with Crippen LogP contribution in [0.25, 0.3) is 0 Å². The quantitative estimate of drug-likeness (QED) is 0.806. The Bertz CT molecular complexity index is 439. The zero-order valence-electron chi connectivity index (χ0n) is 9.83. The van der Waals surface area contributed by atoms with Gasteiger partial charge in [-0.3, -0.25) is 0 Å². The Morgan fingerprint density at radius 3 is 3.12 bits per heavy atom. The van der Waals surface area contributed by atoms with Crippen molar-refractivity contribution in [2.24, 2.45) is 7.05 Å². The lowest BCUT2D eigenvalue weighted by molar-refractivity contribution is 0.657. The van der Waals surface area contributed by atoms with E-state index >= 15 is 0 Å². The Balaban J connectivity index is 1.71. The average molecular weight is 269 g/mol. The van der Waals surface area contributed by atoms with Crippen molar-refractivity contribution in [1.29, 1.82) is 0 Å². The van der Waals surface area contributed by atoms with Gasteiger partial charge >= 0.3 is 0 Å². The van der Waals surface area contributed by atoms with Crippen LogP contribution in [-0.4, -0.2) is 32.0 Å². The maximum atomic E-state index is 3.95. The molecule has 1 atom stereocenters. The first-order chi connectivity index (χ1) is 8.25. The largest absolute Gasteiger partial charge is 0.311 e. The summed E-state index contributed by atoms with van der Waals surface area (Å²) in [5.41, 5.74) is 0. The predicted molar refractivity (Wildman–Crippen MR) is 70.1 cm³/mol. The number of thioether (sulfide) groups is 1. The Morgan fingerprint density at radius 2 is 2.47 bits per heavy atom. The topological polar surface area (TPSA) is 55.6 Å². The van der Waals surface area contributed by atoms with Gasteiger partial charge < -0.3 is 5.32 Å². The molecule has 2 rings (SSSR count). The fourth-order valence-electron chi connectivity index (χ4n) is 1.35. The van der Waals surface area contributed by atoms with Gasteiger partial charge in [0.1, 0.15) is 0 Å². The highest BCUT2D eigenvalue weighted by molar-refractivity contribution is 7.99. The van der Waals surface area contributed by atoms with Crippen LogP contribution in [0.15, 0.2) is 22.7 Å². The number of aryl methyl sites for hydroxylation is 1. The molecule has 0 bridgehead atoms. The summed E-state index contributed by atoms with van der Waals surface area (Å²) >= 11 is 3.46. The van der Waals surface area contributed by atoms with Gasteiger partial charge in [0.2, 0.25) is 5.16 Å². The van der Waals surface area contributed by atoms with E-state index in [-0.39, 0.29) is 0 Å². The van der Waals surface area contributed by atoms with Crippen LogP contribution in [0.1, 0.15) is 11.8 Å². The van der Waals surface area contributed by atoms with Crippen LogP contribution in [0.5, 0.6) is 0 Å². The molecule has 0 radical (unpaired) electrons. The number of aromatic nitrogens is 4. The zero-order valence-corrected chi connectivity index (χ0v) is 11.5. The standard InChI is InChI=1S/C10H15N5S2/c1-8(17-10-12-13-14-15(10)2)6-11-7-9-4-3-5-16-9/h3-5,8,11H,6-7H2,1-2H3. The lowest BCUT2D eigenvalue weighted by atomic mass is 10.4. The second kappa shape index (κ2) is 6.13. The van der Waals surface area contributed by atoms with Gasteiger partial charge in [0, 0.05) is 30.3 Å². The Labute approximate surface area is 109 Å². The Hall–Kier alpha value is -0.920. The van der Waals surface area contributed by atoms with Crippen molar-refractivity contribution < 1.29 is 0 Å². The molecule has 0 saturated heterocycles. The van der Waals surface area contributed by atoms with Crippen LogP contribution in [-0.2, 0) is 13.6 Å². The van der Waals surface area contributed by atoms with Crippen LogP contribution in [0.4, 0.5) is 0 Å². The molecule has 0 aliphatic rings. The Morgan fingerprint density at radius 1 is 1.59 bits per heavy atom. The summed E-state index contributed by atoms with van der Waals surface area (Å²) in [5.74, 6) is 0. The van der Waals surface area contributed by atoms with Crippen molar-refractivity contribution in [3.63, 3.8) is 0 Å². The van der Waals surface area contributed by atoms with Crippen molar-refractivity contribution in [2.75, 3.05) is 6.54 Å². The number of nitrogens with zero attached hydrogens (tertiary/aromatic N) is 4. The molecule has 0 amide bonds. The summed E-state index contributed by atoms with van der Waals surface area (Å²) in [6, 6.07) is 4.22. The molecule has 2 heterocycles. The maximum Gasteiger partial charge on any atom is 0.209 e. The van der Waals surface area contributed by atoms with E-state index in [0.29, 0.717) is 5.25 Å². The average Bonchev–Trinajstić information content (AvgIpc) is 2.92. The number of nitrogens with one attached hydrogen (secondary N) is 1. The molecule has 0 aliphatic carbocycles. The fourth-order valence-corrected chi connectivity index (χ4v) is 2.86. The third-order valence-corrected chi connectivity index (χ3v) is 4.20. The van der Waals surface area contributed by atoms with Crippen LogP contribution in [0, 0.1) is 0 Å². The molecular formula is C10H15N5S2. The van der Waals surface area contributed by atoms with Crippen molar-refractivity contribution in [3.05, 3.63) is 22.4 Å². The molecule has 0 spiro atoms. The molecule has 5 nitrogen and oxygen atoms in total. The van der Waals surface area contributed by atoms with Crippen molar-refractivity contribution in [3.8, 4) is 0 Å². The Kier molecular flexibility index (Phi) is 4.52. The van der Waals surface area contributed by atoms with Crippen molar-refractivity contribution in [1.82, 2.24) is 25.5 Å². The molecule has 0 aromatic carbocycles. The third kappa shape index (κ3) is 3.79. The molecule has 2 aromatic heterocycles. The summed E-state index contributed by atoms with van der Waals surface area (Å²) in [7, 11) is 1.86. The number of hydrogen-bond acceptors (Lipinski definition) is 6. The SMILES string of the molecule is CC(CNCc1cccs1)Sc1nnnn1C. The first-order valence-electron chi connectivity index (χ1n) is 5.38. The predicted octanol–water partition coefficient (Wildman–Crippen LogP) is 1.54. The summed E-state index contributed by atoms with van der Waals surface area (Å²) < 4.78 is 1.69. The second-order valence-corrected chi connectivity index (χ2v) is 6.16. The summed E-state index contributed by atoms with van der Waals surface area (Å²) in [6.07, 6.45) is 0. The zero-order chi connectivity index (χ0) is 12.1. The van der Waals surface area contributed by atoms with Crippen molar-refractivity contribution >= 4 is 23.1 Å². The van der Waals surface area contributed by atoms with Gasteiger partial charge in [0.15, 0.2) is 0 Å². The third-order valence-electron chi connectivity index (χ3n) is 2.20. The van der Waals surface area contributed by atoms with E-state index in [1.54, 1.807) is 27.8 Å². The number of tetrazole rings is 1. The lowest BCUT2D eigenvalue weighted by Crippen LogP contribution is -2.22. The smallest absolute Gasteiger partial charge is 0.209 e. The maximum absolute atomic E-state index is 3.95. The molecule has 92 valence electrons. The number of thiophene rings is 1. The van der Waals surface area contributed by atoms with Gasteiger partial charge in [-0.2, -0.15) is 0 Å². The minimum Gasteiger partial charge on any atom is -0.311 e. The normalized spacial score (nSPS) is 12.8. The minimum absolute atomic E-state index is 0.444. The molecular weight excluding hydrogens is 254 g/mol. The highest BCUT2D eigenvalue weighted by Crippen LogP contribution is 2.18. The van der Waals surface area contributed by atoms with Gasteiger partial charge in [-0.05, 0) is 21.9 Å². The molecule has 1 unspecified atom stereocenters. The molecule has 0 fully saturated rings. The first-order valence-corrected chi connectivity index (χ1v) is 7.13. The van der Waals surface area contributed by atoms with E-state index in [1.807, 2.05) is 7.05 Å². The van der Waals surface area contributed by atoms with E-state index in [0.717, 1.165) is 18.2 Å². The monoisotopic (exact) mass is 269 g/mol. The highest BCUT2D eigenvalue weighted by Gasteiger charge is 2.09. The first kappa shape index (κ1) is 12.5. The van der Waals surface area contributed by atoms with E-state index < -0.39 is 0 Å². The van der Waals surface area contributed by atoms with Crippen molar-refractivity contribution in [2.45, 2.75) is 23.9 Å². The number of hydrogen-bond donors (Lipinski definition) is 1. The highest BCUT2D eigenvalue weighted by atomic mass is 32.2. The molecule has 0 aliphatic heterocycles. The molecule has 0 saturated carbocycles. The van der Waals surface area contributed by atoms with Crippen LogP contribution >= 0.6 is 23.1 Å². The fraction of sp³-hybridized carbons (Fsp3) is 0.500. The molecule has 7 heteroatoms. The van der Waals surface area contributed by atoms with Gasteiger partial charge in [-0.25, -0.2) is 4.68 Å². The number of rotatable bonds is 6. The van der Waals surface area contributed by atoms with Crippen LogP contribution < -0.4 is 5.32 Å². The summed E-state index contributed by atoms with van der Waals surface area (Å²) in [4.78, 5) is 1.36. The molecule has 17 heavy (non-hydrogen) atoms. The van der Waals surface area contributed by atoms with Gasteiger partial charge in [-0.1, -0.05) is 24.8 Å². The van der Waals surface area contributed by atoms with Crippen LogP contribution in [0.3, 0.4) is 0 Å². The summed E-state index contributed by atoms with van der Waals surface area (Å²) in [5, 5.41) is 18.2. The lowest BCUT2D eigenvalue weighted by Gasteiger charge is -2.10. The van der Waals surface area contributed by atoms with E-state index in [4.69, 9.17) is 0 Å². The van der Waals surface area contributed by atoms with E-state index in [1.165, 1.54) is 4.88 Å². The minimum atomic E-state index is 0.444. The van der Waals surface area contributed by atoms with Gasteiger partial charge in [0.25, 0.3) is 0 Å². The van der Waals surface area contributed by atoms with Gasteiger partial charge in [0.05, 0.1) is 0 Å².